The van der Waals surface area contributed by atoms with E-state index < -0.39 is 0 Å². The van der Waals surface area contributed by atoms with Crippen LogP contribution in [0.15, 0.2) is 164 Å². The number of hydrogen-bond acceptors (Lipinski definition) is 4. The van der Waals surface area contributed by atoms with Crippen molar-refractivity contribution in [2.75, 3.05) is 38.0 Å². The molecule has 7 aromatic rings. The van der Waals surface area contributed by atoms with Crippen molar-refractivity contribution >= 4 is 43.5 Å². The first-order valence-corrected chi connectivity index (χ1v) is 23.9. The van der Waals surface area contributed by atoms with Crippen LogP contribution < -0.4 is 25.2 Å². The molecule has 0 aromatic heterocycles. The van der Waals surface area contributed by atoms with E-state index in [1.807, 2.05) is 0 Å². The summed E-state index contributed by atoms with van der Waals surface area (Å²) in [7, 11) is 8.37. The Morgan fingerprint density at radius 1 is 0.545 bits per heavy atom. The van der Waals surface area contributed by atoms with E-state index in [9.17, 15) is 10.2 Å². The van der Waals surface area contributed by atoms with Crippen molar-refractivity contribution in [3.05, 3.63) is 175 Å². The molecule has 0 atom stereocenters. The molecular weight excluding hydrogens is 768 g/mol. The SMILES string of the molecule is C=C(C)[O-].C=C(C)[O-].C[Si](=[Zr+2])c1ccccc1.Cc1cc2c(-c3ccccc3N(C)C)cccc2[cH-]1.Cc1cc2c(-c3ccccc3N(C)C)cccc2[cH-]1. The molecule has 7 aromatic carbocycles. The summed E-state index contributed by atoms with van der Waals surface area (Å²) in [6, 6.07) is 50.0. The number of hydrogen-bond donors (Lipinski definition) is 0. The molecule has 0 N–H and O–H groups in total. The number of benzene rings is 5. The fourth-order valence-electron chi connectivity index (χ4n) is 6.11. The summed E-state index contributed by atoms with van der Waals surface area (Å²) in [5, 5.41) is 25.6. The van der Waals surface area contributed by atoms with Crippen LogP contribution in [-0.2, 0) is 23.3 Å². The molecule has 0 heterocycles. The van der Waals surface area contributed by atoms with Crippen LogP contribution in [0.5, 0.6) is 0 Å². The van der Waals surface area contributed by atoms with Gasteiger partial charge in [0.15, 0.2) is 0 Å². The van der Waals surface area contributed by atoms with Gasteiger partial charge in [0, 0.05) is 39.6 Å². The summed E-state index contributed by atoms with van der Waals surface area (Å²) in [6.07, 6.45) is 0. The third-order valence-corrected chi connectivity index (χ3v) is 11.7. The Morgan fingerprint density at radius 3 is 1.20 bits per heavy atom. The fourth-order valence-corrected chi connectivity index (χ4v) is 8.03. The predicted octanol–water partition coefficient (Wildman–Crippen LogP) is 10.0. The largest absolute Gasteiger partial charge is 0.377 e. The van der Waals surface area contributed by atoms with Gasteiger partial charge in [-0.3, -0.25) is 0 Å². The Balaban J connectivity index is 0.000000211. The van der Waals surface area contributed by atoms with Crippen molar-refractivity contribution in [2.45, 2.75) is 34.2 Å². The van der Waals surface area contributed by atoms with Gasteiger partial charge in [0.1, 0.15) is 0 Å². The van der Waals surface area contributed by atoms with E-state index in [0.717, 1.165) is 0 Å². The molecule has 55 heavy (non-hydrogen) atoms. The average Bonchev–Trinajstić information content (AvgIpc) is 3.72. The van der Waals surface area contributed by atoms with Gasteiger partial charge in [0.25, 0.3) is 0 Å². The van der Waals surface area contributed by atoms with E-state index in [1.165, 1.54) is 80.1 Å². The molecule has 7 rings (SSSR count). The summed E-state index contributed by atoms with van der Waals surface area (Å²) in [5.41, 5.74) is 10.3. The van der Waals surface area contributed by atoms with E-state index in [4.69, 9.17) is 0 Å². The zero-order chi connectivity index (χ0) is 40.7. The molecule has 0 aliphatic carbocycles. The standard InChI is InChI=1S/2C18H18N.C7H8Si.2C3H6O.Zr/c2*1-13-11-14-7-6-9-15(17(14)12-13)16-8-4-5-10-18(16)19(2)3;1-8-7-5-3-2-4-6-7;2*1-3(2)4;/h2*4-12H,1-3H3;2-6H,1H3;2*4H,1H2,2H3;/q2*-1;;;;+2/p-2. The minimum absolute atomic E-state index is 0.0833. The van der Waals surface area contributed by atoms with Crippen LogP contribution in [0.3, 0.4) is 0 Å². The van der Waals surface area contributed by atoms with Crippen molar-refractivity contribution in [3.63, 3.8) is 0 Å². The first-order chi connectivity index (χ1) is 26.1. The third kappa shape index (κ3) is 13.7. The van der Waals surface area contributed by atoms with Gasteiger partial charge in [0.05, 0.1) is 0 Å². The molecule has 0 unspecified atom stereocenters. The number of aryl methyl sites for hydroxylation is 2. The van der Waals surface area contributed by atoms with E-state index in [0.29, 0.717) is 0 Å². The predicted molar refractivity (Wildman–Crippen MR) is 235 cm³/mol. The Hall–Kier alpha value is -4.90. The second-order valence-electron chi connectivity index (χ2n) is 13.9. The van der Waals surface area contributed by atoms with Crippen molar-refractivity contribution in [2.24, 2.45) is 0 Å². The van der Waals surface area contributed by atoms with Crippen LogP contribution in [0, 0.1) is 13.8 Å². The van der Waals surface area contributed by atoms with Crippen molar-refractivity contribution in [1.29, 1.82) is 0 Å². The zero-order valence-electron chi connectivity index (χ0n) is 33.9. The summed E-state index contributed by atoms with van der Waals surface area (Å²) >= 11 is 1.69. The molecule has 0 bridgehead atoms. The van der Waals surface area contributed by atoms with Crippen LogP contribution in [0.2, 0.25) is 6.55 Å². The summed E-state index contributed by atoms with van der Waals surface area (Å²) < 4.78 is 0. The third-order valence-electron chi connectivity index (χ3n) is 8.35. The van der Waals surface area contributed by atoms with Crippen molar-refractivity contribution in [3.8, 4) is 22.3 Å². The van der Waals surface area contributed by atoms with E-state index in [-0.39, 0.29) is 17.0 Å². The van der Waals surface area contributed by atoms with Crippen LogP contribution in [0.4, 0.5) is 11.4 Å². The first-order valence-electron chi connectivity index (χ1n) is 18.2. The molecule has 0 saturated heterocycles. The number of rotatable bonds is 5. The van der Waals surface area contributed by atoms with E-state index in [1.54, 1.807) is 28.5 Å². The maximum Gasteiger partial charge on any atom is 0.0432 e. The smallest absolute Gasteiger partial charge is 0.0432 e. The minimum atomic E-state index is -0.122. The number of nitrogens with zero attached hydrogens (tertiary/aromatic N) is 2. The second kappa shape index (κ2) is 21.9. The Morgan fingerprint density at radius 2 is 0.873 bits per heavy atom. The molecule has 6 heteroatoms. The van der Waals surface area contributed by atoms with Crippen molar-refractivity contribution in [1.82, 2.24) is 0 Å². The van der Waals surface area contributed by atoms with Crippen LogP contribution >= 0.6 is 0 Å². The van der Waals surface area contributed by atoms with Crippen molar-refractivity contribution < 1.29 is 33.5 Å². The van der Waals surface area contributed by atoms with Gasteiger partial charge in [-0.25, -0.2) is 0 Å². The zero-order valence-corrected chi connectivity index (χ0v) is 37.4. The maximum atomic E-state index is 9.33. The molecule has 0 fully saturated rings. The molecule has 0 saturated carbocycles. The van der Waals surface area contributed by atoms with Gasteiger partial charge in [-0.1, -0.05) is 87.4 Å². The van der Waals surface area contributed by atoms with E-state index >= 15 is 0 Å². The van der Waals surface area contributed by atoms with Crippen LogP contribution in [0.25, 0.3) is 43.8 Å². The van der Waals surface area contributed by atoms with Gasteiger partial charge < -0.3 is 20.0 Å². The van der Waals surface area contributed by atoms with Crippen LogP contribution in [0.1, 0.15) is 25.0 Å². The average molecular weight is 822 g/mol. The van der Waals surface area contributed by atoms with Gasteiger partial charge in [0.2, 0.25) is 0 Å². The number of allylic oxidation sites excluding steroid dienone is 2. The monoisotopic (exact) mass is 820 g/mol. The normalized spacial score (nSPS) is 9.95. The Bertz CT molecular complexity index is 2170. The number of para-hydroxylation sites is 2. The van der Waals surface area contributed by atoms with Gasteiger partial charge in [-0.15, -0.1) is 93.7 Å². The number of anilines is 2. The second-order valence-corrected chi connectivity index (χ2v) is 21.3. The summed E-state index contributed by atoms with van der Waals surface area (Å²) in [4.78, 5) is 4.34. The quantitative estimate of drug-likeness (QED) is 0.0986. The first kappa shape index (κ1) is 44.5. The van der Waals surface area contributed by atoms with Gasteiger partial charge >= 0.3 is 70.8 Å². The minimum Gasteiger partial charge on any atom is -0.377 e. The van der Waals surface area contributed by atoms with E-state index in [2.05, 4.69) is 211 Å². The summed E-state index contributed by atoms with van der Waals surface area (Å²) in [5.74, 6) is -0.167. The molecular formula is C49H54N2O2SiZr-2. The number of fused-ring (bicyclic) bond motifs is 2. The maximum absolute atomic E-state index is 9.33. The Labute approximate surface area is 344 Å². The summed E-state index contributed by atoms with van der Waals surface area (Å²) in [6.45, 7) is 15.5. The van der Waals surface area contributed by atoms with Gasteiger partial charge in [-0.2, -0.15) is 12.1 Å². The molecule has 0 spiro atoms. The fraction of sp³-hybridized carbons (Fsp3) is 0.184. The molecule has 282 valence electrons. The topological polar surface area (TPSA) is 52.6 Å². The molecule has 0 aliphatic rings. The molecule has 4 nitrogen and oxygen atoms in total. The molecule has 0 aliphatic heterocycles. The molecule has 0 amide bonds. The molecule has 0 radical (unpaired) electrons. The van der Waals surface area contributed by atoms with Crippen LogP contribution in [-0.4, -0.2) is 33.6 Å². The Kier molecular flexibility index (Phi) is 17.7. The van der Waals surface area contributed by atoms with Gasteiger partial charge in [-0.05, 0) is 23.3 Å².